The van der Waals surface area contributed by atoms with E-state index >= 15 is 0 Å². The molecule has 32 heavy (non-hydrogen) atoms. The van der Waals surface area contributed by atoms with Gasteiger partial charge < -0.3 is 25.4 Å². The molecule has 0 saturated heterocycles. The maximum Gasteiger partial charge on any atom is 0.220 e. The molecule has 2 aliphatic rings. The van der Waals surface area contributed by atoms with Crippen LogP contribution in [0.5, 0.6) is 5.75 Å². The molecular weight excluding hydrogens is 406 g/mol. The number of carbonyl (C=O) groups is 1. The number of benzene rings is 1. The molecule has 1 amide bonds. The van der Waals surface area contributed by atoms with Crippen molar-refractivity contribution in [3.8, 4) is 5.75 Å². The quantitative estimate of drug-likeness (QED) is 0.278. The first-order chi connectivity index (χ1) is 15.5. The summed E-state index contributed by atoms with van der Waals surface area (Å²) < 4.78 is 5.55. The summed E-state index contributed by atoms with van der Waals surface area (Å²) in [7, 11) is 0. The Morgan fingerprint density at radius 3 is 2.69 bits per heavy atom. The van der Waals surface area contributed by atoms with Crippen molar-refractivity contribution in [2.75, 3.05) is 13.2 Å². The lowest BCUT2D eigenvalue weighted by Crippen LogP contribution is -2.24. The summed E-state index contributed by atoms with van der Waals surface area (Å²) in [5, 5.41) is 33.9. The minimum atomic E-state index is -0.789. The Bertz CT molecular complexity index is 746. The zero-order valence-electron chi connectivity index (χ0n) is 18.7. The lowest BCUT2D eigenvalue weighted by atomic mass is 9.89. The van der Waals surface area contributed by atoms with Crippen LogP contribution in [-0.2, 0) is 4.79 Å². The number of amides is 1. The average molecular weight is 444 g/mol. The van der Waals surface area contributed by atoms with E-state index in [1.165, 1.54) is 12.8 Å². The molecule has 6 nitrogen and oxygen atoms in total. The highest BCUT2D eigenvalue weighted by atomic mass is 16.5. The Kier molecular flexibility index (Phi) is 9.78. The topological polar surface area (TPSA) is 99.0 Å². The van der Waals surface area contributed by atoms with Gasteiger partial charge in [-0.1, -0.05) is 42.5 Å². The number of ether oxygens (including phenoxy) is 1. The molecule has 0 bridgehead atoms. The van der Waals surface area contributed by atoms with Gasteiger partial charge in [-0.25, -0.2) is 0 Å². The van der Waals surface area contributed by atoms with Crippen LogP contribution >= 0.6 is 0 Å². The molecule has 0 unspecified atom stereocenters. The smallest absolute Gasteiger partial charge is 0.220 e. The van der Waals surface area contributed by atoms with E-state index in [1.807, 2.05) is 42.5 Å². The minimum absolute atomic E-state index is 0.0958. The van der Waals surface area contributed by atoms with Crippen LogP contribution in [0.15, 0.2) is 54.6 Å². The van der Waals surface area contributed by atoms with Crippen LogP contribution in [-0.4, -0.2) is 52.7 Å². The molecule has 5 atom stereocenters. The van der Waals surface area contributed by atoms with Gasteiger partial charge in [0.15, 0.2) is 0 Å². The summed E-state index contributed by atoms with van der Waals surface area (Å²) >= 11 is 0. The number of unbranched alkanes of at least 4 members (excludes halogenated alkanes) is 1. The van der Waals surface area contributed by atoms with Gasteiger partial charge in [-0.05, 0) is 56.1 Å². The van der Waals surface area contributed by atoms with Crippen molar-refractivity contribution < 1.29 is 24.9 Å². The third kappa shape index (κ3) is 8.41. The first-order valence-corrected chi connectivity index (χ1v) is 11.8. The van der Waals surface area contributed by atoms with E-state index in [0.717, 1.165) is 19.4 Å². The van der Waals surface area contributed by atoms with Crippen molar-refractivity contribution in [1.29, 1.82) is 0 Å². The molecule has 6 heteroatoms. The summed E-state index contributed by atoms with van der Waals surface area (Å²) in [5.74, 6) is 1.21. The number of aliphatic hydroxyl groups is 3. The van der Waals surface area contributed by atoms with Gasteiger partial charge in [0.1, 0.15) is 18.5 Å². The second-order valence-electron chi connectivity index (χ2n) is 9.03. The highest BCUT2D eigenvalue weighted by molar-refractivity contribution is 5.75. The van der Waals surface area contributed by atoms with Crippen LogP contribution in [0, 0.1) is 17.8 Å². The Morgan fingerprint density at radius 2 is 1.94 bits per heavy atom. The summed E-state index contributed by atoms with van der Waals surface area (Å²) in [4.78, 5) is 11.8. The molecular formula is C26H37NO5. The molecule has 0 heterocycles. The summed E-state index contributed by atoms with van der Waals surface area (Å²) in [6.45, 7) is 0.948. The zero-order valence-corrected chi connectivity index (χ0v) is 18.7. The van der Waals surface area contributed by atoms with E-state index in [0.29, 0.717) is 30.9 Å². The van der Waals surface area contributed by atoms with Crippen LogP contribution in [0.3, 0.4) is 0 Å². The fraction of sp³-hybridized carbons (Fsp3) is 0.577. The van der Waals surface area contributed by atoms with Gasteiger partial charge in [0.2, 0.25) is 5.91 Å². The summed E-state index contributed by atoms with van der Waals surface area (Å²) in [6.07, 6.45) is 11.2. The molecule has 1 aromatic rings. The van der Waals surface area contributed by atoms with Crippen molar-refractivity contribution in [2.45, 2.75) is 63.3 Å². The number of carbonyl (C=O) groups excluding carboxylic acids is 1. The van der Waals surface area contributed by atoms with E-state index < -0.39 is 18.3 Å². The van der Waals surface area contributed by atoms with Gasteiger partial charge in [-0.2, -0.15) is 0 Å². The standard InChI is InChI=1S/C26H37NO5/c28-20(18-32-21-8-4-3-5-9-21)14-15-23-22(24(29)16-25(23)30)10-6-1-2-7-11-26(31)27-17-19-12-13-19/h1,3-6,8-9,14-15,19-20,22-25,28-30H,2,7,10-13,16-18H2,(H,27,31)/b6-1-,15-14+/t20-,22-,23+,24+,25+/m0/s1. The Balaban J connectivity index is 1.37. The van der Waals surface area contributed by atoms with Gasteiger partial charge in [0, 0.05) is 25.3 Å². The third-order valence-corrected chi connectivity index (χ3v) is 6.27. The van der Waals surface area contributed by atoms with Crippen molar-refractivity contribution in [1.82, 2.24) is 5.32 Å². The number of nitrogens with one attached hydrogen (secondary N) is 1. The predicted molar refractivity (Wildman–Crippen MR) is 124 cm³/mol. The number of hydrogen-bond acceptors (Lipinski definition) is 5. The molecule has 0 aliphatic heterocycles. The Morgan fingerprint density at radius 1 is 1.16 bits per heavy atom. The minimum Gasteiger partial charge on any atom is -0.491 e. The molecule has 2 fully saturated rings. The SMILES string of the molecule is O=C(CCC/C=C\C[C@H]1[C@@H](/C=C/[C@H](O)COc2ccccc2)[C@H](O)C[C@H]1O)NCC1CC1. The molecule has 4 N–H and O–H groups in total. The number of allylic oxidation sites excluding steroid dienone is 2. The van der Waals surface area contributed by atoms with Crippen LogP contribution in [0.25, 0.3) is 0 Å². The maximum atomic E-state index is 11.8. The van der Waals surface area contributed by atoms with Gasteiger partial charge in [-0.3, -0.25) is 4.79 Å². The Hall–Kier alpha value is -2.15. The van der Waals surface area contributed by atoms with E-state index in [1.54, 1.807) is 6.08 Å². The molecule has 0 radical (unpaired) electrons. The molecule has 1 aromatic carbocycles. The van der Waals surface area contributed by atoms with E-state index in [9.17, 15) is 20.1 Å². The van der Waals surface area contributed by atoms with Gasteiger partial charge in [0.25, 0.3) is 0 Å². The summed E-state index contributed by atoms with van der Waals surface area (Å²) in [5.41, 5.74) is 0. The van der Waals surface area contributed by atoms with E-state index in [2.05, 4.69) is 11.4 Å². The van der Waals surface area contributed by atoms with Gasteiger partial charge in [-0.15, -0.1) is 0 Å². The second kappa shape index (κ2) is 12.8. The van der Waals surface area contributed by atoms with E-state index in [-0.39, 0.29) is 24.3 Å². The largest absolute Gasteiger partial charge is 0.491 e. The van der Waals surface area contributed by atoms with Gasteiger partial charge >= 0.3 is 0 Å². The molecule has 2 aliphatic carbocycles. The third-order valence-electron chi connectivity index (χ3n) is 6.27. The lowest BCUT2D eigenvalue weighted by molar-refractivity contribution is -0.121. The van der Waals surface area contributed by atoms with Crippen LogP contribution < -0.4 is 10.1 Å². The van der Waals surface area contributed by atoms with Crippen LogP contribution in [0.4, 0.5) is 0 Å². The lowest BCUT2D eigenvalue weighted by Gasteiger charge is -2.19. The fourth-order valence-corrected chi connectivity index (χ4v) is 4.14. The number of rotatable bonds is 13. The molecule has 3 rings (SSSR count). The predicted octanol–water partition coefficient (Wildman–Crippen LogP) is 2.98. The normalized spacial score (nSPS) is 26.6. The van der Waals surface area contributed by atoms with Crippen molar-refractivity contribution >= 4 is 5.91 Å². The zero-order chi connectivity index (χ0) is 22.8. The molecule has 176 valence electrons. The van der Waals surface area contributed by atoms with Gasteiger partial charge in [0.05, 0.1) is 12.2 Å². The molecule has 2 saturated carbocycles. The van der Waals surface area contributed by atoms with E-state index in [4.69, 9.17) is 4.74 Å². The van der Waals surface area contributed by atoms with Crippen LogP contribution in [0.2, 0.25) is 0 Å². The fourth-order valence-electron chi connectivity index (χ4n) is 4.14. The van der Waals surface area contributed by atoms with Crippen molar-refractivity contribution in [3.05, 3.63) is 54.6 Å². The second-order valence-corrected chi connectivity index (χ2v) is 9.03. The van der Waals surface area contributed by atoms with Crippen LogP contribution in [0.1, 0.15) is 44.9 Å². The highest BCUT2D eigenvalue weighted by Gasteiger charge is 2.39. The number of para-hydroxylation sites is 1. The number of aliphatic hydroxyl groups excluding tert-OH is 3. The first-order valence-electron chi connectivity index (χ1n) is 11.8. The summed E-state index contributed by atoms with van der Waals surface area (Å²) in [6, 6.07) is 9.30. The molecule has 0 aromatic heterocycles. The highest BCUT2D eigenvalue weighted by Crippen LogP contribution is 2.36. The number of hydrogen-bond donors (Lipinski definition) is 4. The Labute approximate surface area is 191 Å². The monoisotopic (exact) mass is 443 g/mol. The van der Waals surface area contributed by atoms with Crippen molar-refractivity contribution in [3.63, 3.8) is 0 Å². The average Bonchev–Trinajstić information content (AvgIpc) is 3.58. The van der Waals surface area contributed by atoms with Crippen molar-refractivity contribution in [2.24, 2.45) is 17.8 Å². The maximum absolute atomic E-state index is 11.8. The first kappa shape index (κ1) is 24.5. The molecule has 0 spiro atoms.